The molecule has 0 radical (unpaired) electrons. The third kappa shape index (κ3) is 2.09. The van der Waals surface area contributed by atoms with Gasteiger partial charge in [-0.15, -0.1) is 0 Å². The largest absolute Gasteiger partial charge is 0.445 e. The maximum absolute atomic E-state index is 5.90. The van der Waals surface area contributed by atoms with Gasteiger partial charge in [-0.05, 0) is 6.08 Å². The summed E-state index contributed by atoms with van der Waals surface area (Å²) in [5.41, 5.74) is 12.4. The fourth-order valence-corrected chi connectivity index (χ4v) is 2.55. The molecule has 0 amide bonds. The molecule has 0 bridgehead atoms. The van der Waals surface area contributed by atoms with Gasteiger partial charge in [-0.1, -0.05) is 6.08 Å². The average molecular weight is 328 g/mol. The second-order valence-electron chi connectivity index (χ2n) is 5.72. The van der Waals surface area contributed by atoms with Crippen LogP contribution in [0.3, 0.4) is 0 Å². The Bertz CT molecular complexity index is 956. The lowest BCUT2D eigenvalue weighted by Gasteiger charge is -2.17. The summed E-state index contributed by atoms with van der Waals surface area (Å²) in [6, 6.07) is 0. The number of hydrogen-bond donors (Lipinski definition) is 2. The smallest absolute Gasteiger partial charge is 0.254 e. The van der Waals surface area contributed by atoms with Crippen LogP contribution in [0.4, 0.5) is 5.82 Å². The minimum absolute atomic E-state index is 0.294. The lowest BCUT2D eigenvalue weighted by molar-refractivity contribution is -0.0461. The van der Waals surface area contributed by atoms with Crippen LogP contribution >= 0.6 is 0 Å². The summed E-state index contributed by atoms with van der Waals surface area (Å²) in [5.74, 6) is 1.42. The van der Waals surface area contributed by atoms with E-state index in [2.05, 4.69) is 15.0 Å². The van der Waals surface area contributed by atoms with Gasteiger partial charge in [-0.2, -0.15) is 0 Å². The predicted molar refractivity (Wildman–Crippen MR) is 86.8 cm³/mol. The lowest BCUT2D eigenvalue weighted by Crippen LogP contribution is -2.30. The van der Waals surface area contributed by atoms with E-state index in [0.29, 0.717) is 46.7 Å². The SMILES string of the molecule is CC1(C)Oc2c(/C=C/CN)oc(-n3cnc4c(N)ncnc43)c2O1. The highest BCUT2D eigenvalue weighted by atomic mass is 16.7. The van der Waals surface area contributed by atoms with Gasteiger partial charge in [-0.3, -0.25) is 0 Å². The van der Waals surface area contributed by atoms with Crippen LogP contribution in [0.5, 0.6) is 11.5 Å². The van der Waals surface area contributed by atoms with Crippen molar-refractivity contribution in [2.45, 2.75) is 19.6 Å². The molecule has 0 saturated heterocycles. The minimum Gasteiger partial charge on any atom is -0.445 e. The molecule has 0 fully saturated rings. The molecule has 3 aromatic heterocycles. The van der Waals surface area contributed by atoms with Gasteiger partial charge in [0.05, 0.1) is 0 Å². The number of rotatable bonds is 3. The van der Waals surface area contributed by atoms with Crippen molar-refractivity contribution in [1.82, 2.24) is 19.5 Å². The van der Waals surface area contributed by atoms with Crippen molar-refractivity contribution in [2.75, 3.05) is 12.3 Å². The molecule has 0 aliphatic carbocycles. The second kappa shape index (κ2) is 4.96. The van der Waals surface area contributed by atoms with Gasteiger partial charge >= 0.3 is 0 Å². The molecule has 4 rings (SSSR count). The van der Waals surface area contributed by atoms with Crippen molar-refractivity contribution in [1.29, 1.82) is 0 Å². The zero-order valence-electron chi connectivity index (χ0n) is 13.2. The molecular formula is C15H16N6O3. The van der Waals surface area contributed by atoms with Crippen molar-refractivity contribution in [3.63, 3.8) is 0 Å². The first-order valence-electron chi connectivity index (χ1n) is 7.35. The van der Waals surface area contributed by atoms with E-state index in [0.717, 1.165) is 0 Å². The first-order chi connectivity index (χ1) is 11.5. The molecule has 0 aromatic carbocycles. The fraction of sp³-hybridized carbons (Fsp3) is 0.267. The van der Waals surface area contributed by atoms with Gasteiger partial charge in [0.2, 0.25) is 17.3 Å². The number of fused-ring (bicyclic) bond motifs is 2. The Labute approximate surface area is 136 Å². The average Bonchev–Trinajstić information content (AvgIpc) is 3.17. The lowest BCUT2D eigenvalue weighted by atomic mass is 10.3. The molecule has 0 unspecified atom stereocenters. The summed E-state index contributed by atoms with van der Waals surface area (Å²) in [6.45, 7) is 4.02. The minimum atomic E-state index is -0.800. The highest BCUT2D eigenvalue weighted by Crippen LogP contribution is 2.49. The quantitative estimate of drug-likeness (QED) is 0.740. The van der Waals surface area contributed by atoms with E-state index in [1.807, 2.05) is 13.8 Å². The van der Waals surface area contributed by atoms with Crippen LogP contribution in [0, 0.1) is 0 Å². The summed E-state index contributed by atoms with van der Waals surface area (Å²) in [5, 5.41) is 0. The van der Waals surface area contributed by atoms with E-state index in [1.165, 1.54) is 6.33 Å². The van der Waals surface area contributed by atoms with E-state index < -0.39 is 5.79 Å². The second-order valence-corrected chi connectivity index (χ2v) is 5.72. The maximum atomic E-state index is 5.90. The van der Waals surface area contributed by atoms with E-state index in [-0.39, 0.29) is 0 Å². The summed E-state index contributed by atoms with van der Waals surface area (Å²) in [4.78, 5) is 12.4. The summed E-state index contributed by atoms with van der Waals surface area (Å²) < 4.78 is 19.3. The molecule has 0 spiro atoms. The molecular weight excluding hydrogens is 312 g/mol. The molecule has 0 saturated carbocycles. The van der Waals surface area contributed by atoms with Crippen LogP contribution in [0.1, 0.15) is 19.6 Å². The van der Waals surface area contributed by atoms with Crippen LogP contribution < -0.4 is 20.9 Å². The van der Waals surface area contributed by atoms with Crippen LogP contribution in [0.15, 0.2) is 23.1 Å². The third-order valence-electron chi connectivity index (χ3n) is 3.51. The molecule has 9 nitrogen and oxygen atoms in total. The predicted octanol–water partition coefficient (Wildman–Crippen LogP) is 1.47. The monoisotopic (exact) mass is 328 g/mol. The fourth-order valence-electron chi connectivity index (χ4n) is 2.55. The number of hydrogen-bond acceptors (Lipinski definition) is 8. The van der Waals surface area contributed by atoms with Crippen LogP contribution in [0.2, 0.25) is 0 Å². The van der Waals surface area contributed by atoms with Crippen molar-refractivity contribution in [2.24, 2.45) is 5.73 Å². The molecule has 0 atom stereocenters. The molecule has 4 heterocycles. The first kappa shape index (κ1) is 14.5. The highest BCUT2D eigenvalue weighted by Gasteiger charge is 2.39. The van der Waals surface area contributed by atoms with Crippen LogP contribution in [-0.4, -0.2) is 31.9 Å². The molecule has 9 heteroatoms. The van der Waals surface area contributed by atoms with E-state index in [9.17, 15) is 0 Å². The molecule has 124 valence electrons. The molecule has 1 aliphatic heterocycles. The number of nitrogen functional groups attached to an aromatic ring is 1. The van der Waals surface area contributed by atoms with Gasteiger partial charge in [0, 0.05) is 20.4 Å². The molecule has 4 N–H and O–H groups in total. The van der Waals surface area contributed by atoms with E-state index >= 15 is 0 Å². The number of aromatic nitrogens is 4. The standard InChI is InChI=1S/C15H16N6O3/c1-15(2)23-10-8(4-3-5-16)22-14(11(10)24-15)21-7-20-9-12(17)18-6-19-13(9)21/h3-4,6-7H,5,16H2,1-2H3,(H2,17,18,19)/b4-3+. The summed E-state index contributed by atoms with van der Waals surface area (Å²) in [6.07, 6.45) is 6.44. The Morgan fingerprint density at radius 3 is 2.79 bits per heavy atom. The third-order valence-corrected chi connectivity index (χ3v) is 3.51. The van der Waals surface area contributed by atoms with E-state index in [1.54, 1.807) is 23.0 Å². The number of anilines is 1. The number of imidazole rings is 1. The van der Waals surface area contributed by atoms with Crippen molar-refractivity contribution in [3.8, 4) is 17.4 Å². The Morgan fingerprint density at radius 2 is 2.00 bits per heavy atom. The van der Waals surface area contributed by atoms with Gasteiger partial charge < -0.3 is 25.4 Å². The van der Waals surface area contributed by atoms with Gasteiger partial charge in [0.25, 0.3) is 5.88 Å². The summed E-state index contributed by atoms with van der Waals surface area (Å²) >= 11 is 0. The topological polar surface area (TPSA) is 127 Å². The number of ether oxygens (including phenoxy) is 2. The zero-order valence-corrected chi connectivity index (χ0v) is 13.2. The number of furan rings is 1. The van der Waals surface area contributed by atoms with Crippen molar-refractivity contribution in [3.05, 3.63) is 24.5 Å². The highest BCUT2D eigenvalue weighted by molar-refractivity contribution is 5.83. The normalized spacial score (nSPS) is 15.6. The van der Waals surface area contributed by atoms with Crippen LogP contribution in [-0.2, 0) is 0 Å². The number of nitrogens with zero attached hydrogens (tertiary/aromatic N) is 4. The Kier molecular flexibility index (Phi) is 3.00. The van der Waals surface area contributed by atoms with E-state index in [4.69, 9.17) is 25.4 Å². The molecule has 3 aromatic rings. The van der Waals surface area contributed by atoms with Gasteiger partial charge in [-0.25, -0.2) is 19.5 Å². The summed E-state index contributed by atoms with van der Waals surface area (Å²) in [7, 11) is 0. The van der Waals surface area contributed by atoms with Gasteiger partial charge in [0.15, 0.2) is 22.7 Å². The maximum Gasteiger partial charge on any atom is 0.254 e. The molecule has 24 heavy (non-hydrogen) atoms. The van der Waals surface area contributed by atoms with Gasteiger partial charge in [0.1, 0.15) is 12.7 Å². The van der Waals surface area contributed by atoms with Crippen molar-refractivity contribution >= 4 is 23.1 Å². The number of nitrogens with two attached hydrogens (primary N) is 2. The Balaban J connectivity index is 1.93. The Morgan fingerprint density at radius 1 is 1.21 bits per heavy atom. The Hall–Kier alpha value is -3.07. The molecule has 1 aliphatic rings. The van der Waals surface area contributed by atoms with Crippen LogP contribution in [0.25, 0.3) is 23.1 Å². The zero-order chi connectivity index (χ0) is 16.9. The first-order valence-corrected chi connectivity index (χ1v) is 7.35. The van der Waals surface area contributed by atoms with Crippen molar-refractivity contribution < 1.29 is 13.9 Å².